The second-order valence-electron chi connectivity index (χ2n) is 8.40. The van der Waals surface area contributed by atoms with Gasteiger partial charge in [-0.3, -0.25) is 19.1 Å². The number of hydrogen-bond donors (Lipinski definition) is 1. The molecule has 2 atom stereocenters. The van der Waals surface area contributed by atoms with E-state index in [1.54, 1.807) is 19.1 Å². The van der Waals surface area contributed by atoms with Crippen LogP contribution in [0.2, 0.25) is 0 Å². The molecule has 1 N–H and O–H groups in total. The Bertz CT molecular complexity index is 811. The van der Waals surface area contributed by atoms with Crippen molar-refractivity contribution < 1.29 is 14.3 Å². The van der Waals surface area contributed by atoms with Gasteiger partial charge in [0.15, 0.2) is 6.23 Å². The Labute approximate surface area is 184 Å². The Kier molecular flexibility index (Phi) is 11.4. The van der Waals surface area contributed by atoms with E-state index < -0.39 is 23.6 Å². The maximum Gasteiger partial charge on any atom is 0.330 e. The van der Waals surface area contributed by atoms with Gasteiger partial charge in [-0.1, -0.05) is 77.2 Å². The van der Waals surface area contributed by atoms with Crippen molar-refractivity contribution in [1.29, 1.82) is 0 Å². The number of H-pyrrole nitrogens is 1. The van der Waals surface area contributed by atoms with Crippen LogP contribution in [0.1, 0.15) is 95.8 Å². The van der Waals surface area contributed by atoms with Gasteiger partial charge < -0.3 is 9.47 Å². The SMILES string of the molecule is CCCCCCCCCCCCCC(=O)OC[C@@H]1C=C[C@H](n2cc(C)c(=O)[nH]c2=O)O1. The first kappa shape index (κ1) is 25.1. The summed E-state index contributed by atoms with van der Waals surface area (Å²) in [6.07, 6.45) is 18.1. The Morgan fingerprint density at radius 3 is 2.26 bits per heavy atom. The highest BCUT2D eigenvalue weighted by molar-refractivity contribution is 5.69. The Morgan fingerprint density at radius 1 is 1.00 bits per heavy atom. The molecule has 0 amide bonds. The fraction of sp³-hybridized carbons (Fsp3) is 0.708. The van der Waals surface area contributed by atoms with Gasteiger partial charge in [0.2, 0.25) is 0 Å². The van der Waals surface area contributed by atoms with Crippen molar-refractivity contribution in [2.24, 2.45) is 0 Å². The van der Waals surface area contributed by atoms with E-state index in [9.17, 15) is 14.4 Å². The fourth-order valence-electron chi connectivity index (χ4n) is 3.70. The summed E-state index contributed by atoms with van der Waals surface area (Å²) < 4.78 is 12.4. The molecular formula is C24H38N2O5. The third-order valence-corrected chi connectivity index (χ3v) is 5.62. The molecule has 0 bridgehead atoms. The number of aromatic amines is 1. The summed E-state index contributed by atoms with van der Waals surface area (Å²) in [7, 11) is 0. The van der Waals surface area contributed by atoms with Gasteiger partial charge in [-0.15, -0.1) is 0 Å². The summed E-state index contributed by atoms with van der Waals surface area (Å²) >= 11 is 0. The van der Waals surface area contributed by atoms with E-state index in [0.717, 1.165) is 12.8 Å². The topological polar surface area (TPSA) is 90.4 Å². The average Bonchev–Trinajstić information content (AvgIpc) is 3.22. The van der Waals surface area contributed by atoms with Gasteiger partial charge in [0.25, 0.3) is 5.56 Å². The smallest absolute Gasteiger partial charge is 0.330 e. The lowest BCUT2D eigenvalue weighted by Gasteiger charge is -2.16. The number of esters is 1. The van der Waals surface area contributed by atoms with E-state index in [-0.39, 0.29) is 12.6 Å². The molecule has 7 heteroatoms. The van der Waals surface area contributed by atoms with Gasteiger partial charge in [-0.05, 0) is 19.4 Å². The van der Waals surface area contributed by atoms with Crippen LogP contribution in [0.25, 0.3) is 0 Å². The van der Waals surface area contributed by atoms with Gasteiger partial charge in [0.1, 0.15) is 12.7 Å². The molecule has 0 aliphatic carbocycles. The number of hydrogen-bond acceptors (Lipinski definition) is 5. The van der Waals surface area contributed by atoms with Crippen LogP contribution < -0.4 is 11.2 Å². The Hall–Kier alpha value is -2.15. The second-order valence-corrected chi connectivity index (χ2v) is 8.40. The molecule has 174 valence electrons. The zero-order chi connectivity index (χ0) is 22.5. The van der Waals surface area contributed by atoms with Crippen molar-refractivity contribution in [2.45, 2.75) is 103 Å². The first-order valence-corrected chi connectivity index (χ1v) is 11.8. The summed E-state index contributed by atoms with van der Waals surface area (Å²) in [4.78, 5) is 37.6. The van der Waals surface area contributed by atoms with Crippen LogP contribution >= 0.6 is 0 Å². The molecule has 7 nitrogen and oxygen atoms in total. The van der Waals surface area contributed by atoms with Crippen molar-refractivity contribution in [1.82, 2.24) is 9.55 Å². The van der Waals surface area contributed by atoms with Crippen LogP contribution in [-0.4, -0.2) is 28.2 Å². The zero-order valence-electron chi connectivity index (χ0n) is 19.1. The normalized spacial score (nSPS) is 17.9. The third kappa shape index (κ3) is 9.25. The summed E-state index contributed by atoms with van der Waals surface area (Å²) in [5.74, 6) is -0.214. The van der Waals surface area contributed by atoms with Gasteiger partial charge in [0, 0.05) is 18.2 Å². The lowest BCUT2D eigenvalue weighted by Crippen LogP contribution is -2.33. The monoisotopic (exact) mass is 434 g/mol. The standard InChI is InChI=1S/C24H38N2O5/c1-3-4-5-6-7-8-9-10-11-12-13-14-22(27)30-18-20-15-16-21(31-20)26-17-19(2)23(28)25-24(26)29/h15-17,20-21H,3-14,18H2,1-2H3,(H,25,28,29)/t20-,21+/m0/s1. The van der Waals surface area contributed by atoms with Crippen LogP contribution in [-0.2, 0) is 14.3 Å². The summed E-state index contributed by atoms with van der Waals surface area (Å²) in [6.45, 7) is 3.99. The van der Waals surface area contributed by atoms with Crippen molar-refractivity contribution in [2.75, 3.05) is 6.61 Å². The zero-order valence-corrected chi connectivity index (χ0v) is 19.1. The molecule has 0 radical (unpaired) electrons. The fourth-order valence-corrected chi connectivity index (χ4v) is 3.70. The van der Waals surface area contributed by atoms with Crippen LogP contribution in [0, 0.1) is 6.92 Å². The molecule has 1 aromatic heterocycles. The van der Waals surface area contributed by atoms with Crippen LogP contribution in [0.5, 0.6) is 0 Å². The van der Waals surface area contributed by atoms with Gasteiger partial charge >= 0.3 is 11.7 Å². The van der Waals surface area contributed by atoms with Crippen LogP contribution in [0.15, 0.2) is 27.9 Å². The van der Waals surface area contributed by atoms with Crippen LogP contribution in [0.3, 0.4) is 0 Å². The number of nitrogens with zero attached hydrogens (tertiary/aromatic N) is 1. The summed E-state index contributed by atoms with van der Waals surface area (Å²) in [5, 5.41) is 0. The predicted octanol–water partition coefficient (Wildman–Crippen LogP) is 4.54. The molecule has 2 heterocycles. The van der Waals surface area contributed by atoms with E-state index in [0.29, 0.717) is 12.0 Å². The largest absolute Gasteiger partial charge is 0.463 e. The minimum Gasteiger partial charge on any atom is -0.463 e. The summed E-state index contributed by atoms with van der Waals surface area (Å²) in [6, 6.07) is 0. The number of aromatic nitrogens is 2. The number of carbonyl (C=O) groups excluding carboxylic acids is 1. The predicted molar refractivity (Wildman–Crippen MR) is 121 cm³/mol. The Balaban J connectivity index is 1.52. The van der Waals surface area contributed by atoms with Gasteiger partial charge in [0.05, 0.1) is 0 Å². The van der Waals surface area contributed by atoms with E-state index in [1.807, 2.05) is 0 Å². The van der Waals surface area contributed by atoms with Gasteiger partial charge in [-0.25, -0.2) is 4.79 Å². The molecule has 2 rings (SSSR count). The maximum absolute atomic E-state index is 12.0. The number of nitrogens with one attached hydrogen (secondary N) is 1. The molecule has 0 aromatic carbocycles. The quantitative estimate of drug-likeness (QED) is 0.249. The maximum atomic E-state index is 12.0. The molecule has 1 aliphatic rings. The van der Waals surface area contributed by atoms with Crippen molar-refractivity contribution in [3.63, 3.8) is 0 Å². The van der Waals surface area contributed by atoms with Crippen molar-refractivity contribution in [3.8, 4) is 0 Å². The van der Waals surface area contributed by atoms with Crippen molar-refractivity contribution >= 4 is 5.97 Å². The average molecular weight is 435 g/mol. The molecule has 0 spiro atoms. The van der Waals surface area contributed by atoms with Gasteiger partial charge in [-0.2, -0.15) is 0 Å². The van der Waals surface area contributed by atoms with E-state index in [1.165, 1.54) is 68.6 Å². The van der Waals surface area contributed by atoms with E-state index in [4.69, 9.17) is 9.47 Å². The molecule has 0 unspecified atom stereocenters. The number of carbonyl (C=O) groups is 1. The molecule has 0 saturated heterocycles. The highest BCUT2D eigenvalue weighted by Gasteiger charge is 2.23. The lowest BCUT2D eigenvalue weighted by atomic mass is 10.1. The molecule has 0 saturated carbocycles. The molecule has 1 aromatic rings. The van der Waals surface area contributed by atoms with E-state index >= 15 is 0 Å². The Morgan fingerprint density at radius 2 is 1.61 bits per heavy atom. The van der Waals surface area contributed by atoms with Crippen molar-refractivity contribution in [3.05, 3.63) is 44.8 Å². The first-order valence-electron chi connectivity index (χ1n) is 11.8. The second kappa shape index (κ2) is 14.0. The highest BCUT2D eigenvalue weighted by Crippen LogP contribution is 2.20. The third-order valence-electron chi connectivity index (χ3n) is 5.62. The number of unbranched alkanes of at least 4 members (excludes halogenated alkanes) is 10. The summed E-state index contributed by atoms with van der Waals surface area (Å²) in [5.41, 5.74) is -0.506. The number of aryl methyl sites for hydroxylation is 1. The number of rotatable bonds is 15. The van der Waals surface area contributed by atoms with E-state index in [2.05, 4.69) is 11.9 Å². The highest BCUT2D eigenvalue weighted by atomic mass is 16.6. The van der Waals surface area contributed by atoms with Crippen LogP contribution in [0.4, 0.5) is 0 Å². The lowest BCUT2D eigenvalue weighted by molar-refractivity contribution is -0.147. The minimum absolute atomic E-state index is 0.126. The number of ether oxygens (including phenoxy) is 2. The molecule has 1 aliphatic heterocycles. The minimum atomic E-state index is -0.613. The first-order chi connectivity index (χ1) is 15.0. The molecular weight excluding hydrogens is 396 g/mol. The molecule has 31 heavy (non-hydrogen) atoms. The molecule has 0 fully saturated rings.